The van der Waals surface area contributed by atoms with Crippen LogP contribution < -0.4 is 14.8 Å². The Balaban J connectivity index is 3.05. The second-order valence-electron chi connectivity index (χ2n) is 3.78. The number of methoxy groups -OCH3 is 3. The van der Waals surface area contributed by atoms with Crippen molar-refractivity contribution < 1.29 is 14.2 Å². The third-order valence-corrected chi connectivity index (χ3v) is 2.58. The zero-order valence-corrected chi connectivity index (χ0v) is 11.0. The van der Waals surface area contributed by atoms with Crippen LogP contribution in [0.5, 0.6) is 11.5 Å². The standard InChI is InChI=1S/C13H21NO3/c1-14-6-5-10-7-11(9-15-2)13(17-4)12(8-10)16-3/h7-8,14H,5-6,9H2,1-4H3. The van der Waals surface area contributed by atoms with Gasteiger partial charge in [0.2, 0.25) is 0 Å². The Morgan fingerprint density at radius 3 is 2.41 bits per heavy atom. The van der Waals surface area contributed by atoms with Crippen molar-refractivity contribution in [1.29, 1.82) is 0 Å². The topological polar surface area (TPSA) is 39.7 Å². The third kappa shape index (κ3) is 3.61. The lowest BCUT2D eigenvalue weighted by atomic mass is 10.1. The van der Waals surface area contributed by atoms with Crippen LogP contribution in [0.1, 0.15) is 11.1 Å². The van der Waals surface area contributed by atoms with Gasteiger partial charge < -0.3 is 19.5 Å². The molecule has 0 spiro atoms. The maximum absolute atomic E-state index is 5.36. The van der Waals surface area contributed by atoms with Crippen LogP contribution in [-0.2, 0) is 17.8 Å². The van der Waals surface area contributed by atoms with E-state index in [0.717, 1.165) is 30.0 Å². The van der Waals surface area contributed by atoms with E-state index in [0.29, 0.717) is 6.61 Å². The van der Waals surface area contributed by atoms with Crippen molar-refractivity contribution in [3.63, 3.8) is 0 Å². The van der Waals surface area contributed by atoms with E-state index in [2.05, 4.69) is 11.4 Å². The van der Waals surface area contributed by atoms with E-state index in [4.69, 9.17) is 14.2 Å². The van der Waals surface area contributed by atoms with Gasteiger partial charge in [0.25, 0.3) is 0 Å². The molecule has 0 amide bonds. The number of likely N-dealkylation sites (N-methyl/N-ethyl adjacent to an activating group) is 1. The SMILES string of the molecule is CNCCc1cc(COC)c(OC)c(OC)c1. The highest BCUT2D eigenvalue weighted by Crippen LogP contribution is 2.33. The highest BCUT2D eigenvalue weighted by atomic mass is 16.5. The van der Waals surface area contributed by atoms with E-state index in [-0.39, 0.29) is 0 Å². The first kappa shape index (κ1) is 13.8. The third-order valence-electron chi connectivity index (χ3n) is 2.58. The Labute approximate surface area is 103 Å². The zero-order chi connectivity index (χ0) is 12.7. The molecular weight excluding hydrogens is 218 g/mol. The molecule has 0 radical (unpaired) electrons. The van der Waals surface area contributed by atoms with Crippen molar-refractivity contribution >= 4 is 0 Å². The van der Waals surface area contributed by atoms with Gasteiger partial charge in [-0.25, -0.2) is 0 Å². The first-order chi connectivity index (χ1) is 8.26. The number of rotatable bonds is 7. The molecule has 0 aromatic heterocycles. The summed E-state index contributed by atoms with van der Waals surface area (Å²) in [5.74, 6) is 1.51. The number of benzene rings is 1. The molecule has 4 heteroatoms. The van der Waals surface area contributed by atoms with Gasteiger partial charge in [-0.3, -0.25) is 0 Å². The summed E-state index contributed by atoms with van der Waals surface area (Å²) in [5.41, 5.74) is 2.23. The lowest BCUT2D eigenvalue weighted by Crippen LogP contribution is -2.11. The fraction of sp³-hybridized carbons (Fsp3) is 0.538. The lowest BCUT2D eigenvalue weighted by molar-refractivity contribution is 0.180. The minimum atomic E-state index is 0.521. The monoisotopic (exact) mass is 239 g/mol. The van der Waals surface area contributed by atoms with Crippen LogP contribution in [0.3, 0.4) is 0 Å². The molecule has 1 aromatic carbocycles. The first-order valence-corrected chi connectivity index (χ1v) is 5.64. The molecule has 1 aromatic rings. The molecule has 0 aliphatic heterocycles. The van der Waals surface area contributed by atoms with Crippen LogP contribution in [0.25, 0.3) is 0 Å². The largest absolute Gasteiger partial charge is 0.493 e. The molecule has 0 bridgehead atoms. The predicted molar refractivity (Wildman–Crippen MR) is 67.9 cm³/mol. The van der Waals surface area contributed by atoms with Crippen LogP contribution >= 0.6 is 0 Å². The normalized spacial score (nSPS) is 10.4. The highest BCUT2D eigenvalue weighted by Gasteiger charge is 2.12. The minimum absolute atomic E-state index is 0.521. The van der Waals surface area contributed by atoms with Gasteiger partial charge in [-0.05, 0) is 37.7 Å². The molecule has 0 atom stereocenters. The van der Waals surface area contributed by atoms with E-state index >= 15 is 0 Å². The van der Waals surface area contributed by atoms with Crippen LogP contribution in [-0.4, -0.2) is 34.9 Å². The van der Waals surface area contributed by atoms with Crippen molar-refractivity contribution in [2.24, 2.45) is 0 Å². The molecule has 0 aliphatic rings. The van der Waals surface area contributed by atoms with Crippen LogP contribution in [0.4, 0.5) is 0 Å². The summed E-state index contributed by atoms with van der Waals surface area (Å²) in [5, 5.41) is 3.13. The molecule has 0 saturated carbocycles. The molecule has 17 heavy (non-hydrogen) atoms. The Morgan fingerprint density at radius 2 is 1.88 bits per heavy atom. The summed E-state index contributed by atoms with van der Waals surface area (Å²) < 4.78 is 15.9. The van der Waals surface area contributed by atoms with Gasteiger partial charge in [0.05, 0.1) is 20.8 Å². The number of hydrogen-bond acceptors (Lipinski definition) is 4. The second kappa shape index (κ2) is 7.14. The van der Waals surface area contributed by atoms with Gasteiger partial charge >= 0.3 is 0 Å². The van der Waals surface area contributed by atoms with E-state index in [1.165, 1.54) is 5.56 Å². The van der Waals surface area contributed by atoms with Crippen molar-refractivity contribution in [3.05, 3.63) is 23.3 Å². The van der Waals surface area contributed by atoms with Gasteiger partial charge in [0.1, 0.15) is 0 Å². The Kier molecular flexibility index (Phi) is 5.80. The predicted octanol–water partition coefficient (Wildman–Crippen LogP) is 1.61. The fourth-order valence-corrected chi connectivity index (χ4v) is 1.78. The molecular formula is C13H21NO3. The molecule has 0 unspecified atom stereocenters. The summed E-state index contributed by atoms with van der Waals surface area (Å²) in [4.78, 5) is 0. The van der Waals surface area contributed by atoms with E-state index in [1.54, 1.807) is 21.3 Å². The summed E-state index contributed by atoms with van der Waals surface area (Å²) in [6.07, 6.45) is 0.952. The van der Waals surface area contributed by atoms with Crippen LogP contribution in [0.2, 0.25) is 0 Å². The maximum Gasteiger partial charge on any atom is 0.166 e. The molecule has 0 aliphatic carbocycles. The smallest absolute Gasteiger partial charge is 0.166 e. The van der Waals surface area contributed by atoms with Crippen molar-refractivity contribution in [1.82, 2.24) is 5.32 Å². The van der Waals surface area contributed by atoms with Crippen molar-refractivity contribution in [3.8, 4) is 11.5 Å². The van der Waals surface area contributed by atoms with Gasteiger partial charge in [-0.2, -0.15) is 0 Å². The number of hydrogen-bond donors (Lipinski definition) is 1. The number of ether oxygens (including phenoxy) is 3. The first-order valence-electron chi connectivity index (χ1n) is 5.64. The summed E-state index contributed by atoms with van der Waals surface area (Å²) >= 11 is 0. The van der Waals surface area contributed by atoms with E-state index in [9.17, 15) is 0 Å². The van der Waals surface area contributed by atoms with Crippen molar-refractivity contribution in [2.75, 3.05) is 34.9 Å². The van der Waals surface area contributed by atoms with E-state index < -0.39 is 0 Å². The molecule has 0 fully saturated rings. The molecule has 0 saturated heterocycles. The lowest BCUT2D eigenvalue weighted by Gasteiger charge is -2.14. The average Bonchev–Trinajstić information content (AvgIpc) is 2.36. The van der Waals surface area contributed by atoms with Gasteiger partial charge in [-0.15, -0.1) is 0 Å². The van der Waals surface area contributed by atoms with Crippen LogP contribution in [0.15, 0.2) is 12.1 Å². The molecule has 4 nitrogen and oxygen atoms in total. The Morgan fingerprint density at radius 1 is 1.12 bits per heavy atom. The fourth-order valence-electron chi connectivity index (χ4n) is 1.78. The Hall–Kier alpha value is -1.26. The summed E-state index contributed by atoms with van der Waals surface area (Å²) in [6.45, 7) is 1.45. The number of nitrogens with one attached hydrogen (secondary N) is 1. The summed E-state index contributed by atoms with van der Waals surface area (Å²) in [7, 11) is 6.91. The maximum atomic E-state index is 5.36. The second-order valence-corrected chi connectivity index (χ2v) is 3.78. The van der Waals surface area contributed by atoms with E-state index in [1.807, 2.05) is 13.1 Å². The molecule has 96 valence electrons. The average molecular weight is 239 g/mol. The van der Waals surface area contributed by atoms with Crippen molar-refractivity contribution in [2.45, 2.75) is 13.0 Å². The van der Waals surface area contributed by atoms with Gasteiger partial charge in [0, 0.05) is 12.7 Å². The van der Waals surface area contributed by atoms with Gasteiger partial charge in [-0.1, -0.05) is 0 Å². The quantitative estimate of drug-likeness (QED) is 0.784. The van der Waals surface area contributed by atoms with Crippen LogP contribution in [0, 0.1) is 0 Å². The molecule has 1 N–H and O–H groups in total. The van der Waals surface area contributed by atoms with Gasteiger partial charge in [0.15, 0.2) is 11.5 Å². The zero-order valence-electron chi connectivity index (χ0n) is 11.0. The minimum Gasteiger partial charge on any atom is -0.493 e. The highest BCUT2D eigenvalue weighted by molar-refractivity contribution is 5.49. The molecule has 0 heterocycles. The summed E-state index contributed by atoms with van der Waals surface area (Å²) in [6, 6.07) is 4.11. The Bertz CT molecular complexity index is 353. The molecule has 1 rings (SSSR count).